The largest absolute Gasteiger partial charge is 0.393 e. The second-order valence-electron chi connectivity index (χ2n) is 5.92. The third-order valence-corrected chi connectivity index (χ3v) is 3.95. The van der Waals surface area contributed by atoms with Gasteiger partial charge in [-0.15, -0.1) is 0 Å². The van der Waals surface area contributed by atoms with Gasteiger partial charge in [-0.1, -0.05) is 38.7 Å². The van der Waals surface area contributed by atoms with E-state index in [-0.39, 0.29) is 13.2 Å². The summed E-state index contributed by atoms with van der Waals surface area (Å²) in [5.74, 6) is 0. The lowest BCUT2D eigenvalue weighted by Crippen LogP contribution is -2.34. The summed E-state index contributed by atoms with van der Waals surface area (Å²) < 4.78 is 12.3. The Bertz CT molecular complexity index is 649. The Morgan fingerprint density at radius 1 is 1.25 bits per heavy atom. The van der Waals surface area contributed by atoms with Crippen molar-refractivity contribution in [3.63, 3.8) is 0 Å². The first-order valence-corrected chi connectivity index (χ1v) is 8.52. The van der Waals surface area contributed by atoms with Crippen molar-refractivity contribution in [2.45, 2.75) is 58.0 Å². The van der Waals surface area contributed by atoms with Gasteiger partial charge in [-0.3, -0.25) is 14.3 Å². The van der Waals surface area contributed by atoms with Crippen LogP contribution in [0.15, 0.2) is 27.9 Å². The number of hydrogen-bond donors (Lipinski definition) is 2. The summed E-state index contributed by atoms with van der Waals surface area (Å²) in [6.45, 7) is 2.76. The van der Waals surface area contributed by atoms with Crippen LogP contribution in [0.2, 0.25) is 0 Å². The van der Waals surface area contributed by atoms with Crippen LogP contribution in [0.1, 0.15) is 50.8 Å². The molecule has 0 radical (unpaired) electrons. The highest BCUT2D eigenvalue weighted by Gasteiger charge is 2.21. The summed E-state index contributed by atoms with van der Waals surface area (Å²) in [4.78, 5) is 26.1. The molecule has 0 amide bonds. The van der Waals surface area contributed by atoms with E-state index in [1.165, 1.54) is 30.0 Å². The fourth-order valence-electron chi connectivity index (χ4n) is 2.56. The molecule has 1 aromatic heterocycles. The molecule has 7 heteroatoms. The van der Waals surface area contributed by atoms with Crippen LogP contribution in [0.5, 0.6) is 0 Å². The van der Waals surface area contributed by atoms with Gasteiger partial charge in [0.15, 0.2) is 6.23 Å². The number of ether oxygens (including phenoxy) is 2. The molecule has 24 heavy (non-hydrogen) atoms. The molecular formula is C17H26N2O5. The average molecular weight is 338 g/mol. The number of nitrogens with one attached hydrogen (secondary N) is 1. The minimum absolute atomic E-state index is 0.154. The highest BCUT2D eigenvalue weighted by molar-refractivity contribution is 5.07. The Morgan fingerprint density at radius 3 is 2.75 bits per heavy atom. The molecule has 0 fully saturated rings. The van der Waals surface area contributed by atoms with Gasteiger partial charge in [-0.2, -0.15) is 0 Å². The van der Waals surface area contributed by atoms with Gasteiger partial charge in [0.2, 0.25) is 0 Å². The van der Waals surface area contributed by atoms with Crippen molar-refractivity contribution in [3.8, 4) is 0 Å². The second-order valence-corrected chi connectivity index (χ2v) is 5.92. The predicted molar refractivity (Wildman–Crippen MR) is 89.9 cm³/mol. The molecule has 2 atom stereocenters. The summed E-state index contributed by atoms with van der Waals surface area (Å²) in [6.07, 6.45) is 9.48. The Morgan fingerprint density at radius 2 is 2.04 bits per heavy atom. The van der Waals surface area contributed by atoms with Crippen molar-refractivity contribution >= 4 is 0 Å². The molecule has 0 unspecified atom stereocenters. The number of aliphatic hydroxyl groups excluding tert-OH is 1. The topological polar surface area (TPSA) is 93.6 Å². The van der Waals surface area contributed by atoms with E-state index in [9.17, 15) is 9.59 Å². The van der Waals surface area contributed by atoms with E-state index in [2.05, 4.69) is 11.9 Å². The minimum atomic E-state index is -0.626. The minimum Gasteiger partial charge on any atom is -0.393 e. The van der Waals surface area contributed by atoms with Gasteiger partial charge >= 0.3 is 5.69 Å². The second kappa shape index (κ2) is 9.56. The molecule has 1 aliphatic heterocycles. The van der Waals surface area contributed by atoms with Gasteiger partial charge in [0.05, 0.1) is 18.8 Å². The average Bonchev–Trinajstić information content (AvgIpc) is 3.04. The zero-order chi connectivity index (χ0) is 17.4. The quantitative estimate of drug-likeness (QED) is 0.498. The van der Waals surface area contributed by atoms with Crippen molar-refractivity contribution in [2.24, 2.45) is 0 Å². The lowest BCUT2D eigenvalue weighted by atomic mass is 10.2. The van der Waals surface area contributed by atoms with Gasteiger partial charge in [0, 0.05) is 12.8 Å². The highest BCUT2D eigenvalue weighted by Crippen LogP contribution is 2.19. The van der Waals surface area contributed by atoms with Gasteiger partial charge in [-0.25, -0.2) is 4.79 Å². The molecule has 2 rings (SSSR count). The number of H-pyrrole nitrogens is 1. The highest BCUT2D eigenvalue weighted by atomic mass is 16.5. The molecule has 0 saturated carbocycles. The number of unbranched alkanes of at least 4 members (excludes halogenated alkanes) is 4. The smallest absolute Gasteiger partial charge is 0.330 e. The summed E-state index contributed by atoms with van der Waals surface area (Å²) in [7, 11) is 0. The molecule has 0 spiro atoms. The summed E-state index contributed by atoms with van der Waals surface area (Å²) in [6, 6.07) is 0. The number of nitrogens with zero attached hydrogens (tertiary/aromatic N) is 1. The molecule has 0 saturated heterocycles. The third kappa shape index (κ3) is 5.15. The van der Waals surface area contributed by atoms with E-state index in [4.69, 9.17) is 14.6 Å². The van der Waals surface area contributed by atoms with Crippen LogP contribution >= 0.6 is 0 Å². The maximum Gasteiger partial charge on any atom is 0.330 e. The van der Waals surface area contributed by atoms with Crippen molar-refractivity contribution in [1.82, 2.24) is 9.55 Å². The Balaban J connectivity index is 1.91. The van der Waals surface area contributed by atoms with E-state index >= 15 is 0 Å². The molecule has 0 aliphatic carbocycles. The Hall–Kier alpha value is -1.70. The molecule has 1 aromatic rings. The fourth-order valence-corrected chi connectivity index (χ4v) is 2.56. The van der Waals surface area contributed by atoms with Crippen LogP contribution in [-0.2, 0) is 16.1 Å². The third-order valence-electron chi connectivity index (χ3n) is 3.95. The van der Waals surface area contributed by atoms with Crippen molar-refractivity contribution < 1.29 is 14.6 Å². The lowest BCUT2D eigenvalue weighted by Gasteiger charge is -2.15. The molecule has 2 N–H and O–H groups in total. The first-order valence-electron chi connectivity index (χ1n) is 8.52. The molecule has 1 aliphatic rings. The standard InChI is InChI=1S/C17H26N2O5/c1-2-3-4-5-6-9-23-12-13-10-19(17(22)18-16(13)21)15-8-7-14(11-20)24-15/h7-8,10,14-15,20H,2-6,9,11-12H2,1H3,(H,18,21,22)/t14-,15-/m0/s1. The number of aromatic amines is 1. The molecule has 7 nitrogen and oxygen atoms in total. The number of rotatable bonds is 10. The Labute approximate surface area is 140 Å². The monoisotopic (exact) mass is 338 g/mol. The molecule has 0 bridgehead atoms. The van der Waals surface area contributed by atoms with Crippen molar-refractivity contribution in [3.05, 3.63) is 44.8 Å². The number of aliphatic hydroxyl groups is 1. The zero-order valence-corrected chi connectivity index (χ0v) is 14.1. The van der Waals surface area contributed by atoms with E-state index in [1.807, 2.05) is 0 Å². The van der Waals surface area contributed by atoms with Crippen molar-refractivity contribution in [2.75, 3.05) is 13.2 Å². The fraction of sp³-hybridized carbons (Fsp3) is 0.647. The predicted octanol–water partition coefficient (Wildman–Crippen LogP) is 1.47. The van der Waals surface area contributed by atoms with Crippen LogP contribution in [0.25, 0.3) is 0 Å². The van der Waals surface area contributed by atoms with Crippen LogP contribution < -0.4 is 11.2 Å². The van der Waals surface area contributed by atoms with Crippen LogP contribution in [-0.4, -0.2) is 34.0 Å². The van der Waals surface area contributed by atoms with E-state index in [1.54, 1.807) is 12.2 Å². The summed E-state index contributed by atoms with van der Waals surface area (Å²) >= 11 is 0. The summed E-state index contributed by atoms with van der Waals surface area (Å²) in [5.41, 5.74) is -0.605. The number of aromatic nitrogens is 2. The van der Waals surface area contributed by atoms with Gasteiger partial charge in [0.1, 0.15) is 6.10 Å². The van der Waals surface area contributed by atoms with Crippen LogP contribution in [0.4, 0.5) is 0 Å². The zero-order valence-electron chi connectivity index (χ0n) is 14.1. The first-order chi connectivity index (χ1) is 11.7. The lowest BCUT2D eigenvalue weighted by molar-refractivity contribution is -0.0107. The SMILES string of the molecule is CCCCCCCOCc1cn([C@@H]2C=C[C@@H](CO)O2)c(=O)[nH]c1=O. The van der Waals surface area contributed by atoms with Gasteiger partial charge < -0.3 is 14.6 Å². The van der Waals surface area contributed by atoms with E-state index < -0.39 is 23.6 Å². The molecular weight excluding hydrogens is 312 g/mol. The normalized spacial score (nSPS) is 19.9. The molecule has 0 aromatic carbocycles. The van der Waals surface area contributed by atoms with Crippen LogP contribution in [0.3, 0.4) is 0 Å². The molecule has 2 heterocycles. The summed E-state index contributed by atoms with van der Waals surface area (Å²) in [5, 5.41) is 9.08. The maximum atomic E-state index is 11.9. The Kier molecular flexibility index (Phi) is 7.42. The first kappa shape index (κ1) is 18.6. The molecule has 134 valence electrons. The van der Waals surface area contributed by atoms with Gasteiger partial charge in [-0.05, 0) is 12.5 Å². The van der Waals surface area contributed by atoms with Crippen LogP contribution in [0, 0.1) is 0 Å². The maximum absolute atomic E-state index is 11.9. The van der Waals surface area contributed by atoms with Crippen molar-refractivity contribution in [1.29, 1.82) is 0 Å². The number of hydrogen-bond acceptors (Lipinski definition) is 5. The van der Waals surface area contributed by atoms with E-state index in [0.717, 1.165) is 12.8 Å². The van der Waals surface area contributed by atoms with Gasteiger partial charge in [0.25, 0.3) is 5.56 Å². The van der Waals surface area contributed by atoms with E-state index in [0.29, 0.717) is 12.2 Å².